The van der Waals surface area contributed by atoms with Crippen molar-refractivity contribution in [3.05, 3.63) is 0 Å². The van der Waals surface area contributed by atoms with E-state index >= 15 is 0 Å². The van der Waals surface area contributed by atoms with Crippen molar-refractivity contribution in [2.45, 2.75) is 237 Å². The fraction of sp³-hybridized carbons (Fsp3) is 0.951. The first-order chi connectivity index (χ1) is 24.6. The Bertz CT molecular complexity index is 816. The molecule has 0 saturated heterocycles. The molecular weight excluding hydrogens is 667 g/mol. The van der Waals surface area contributed by atoms with Gasteiger partial charge in [-0.3, -0.25) is 14.2 Å². The number of ketones is 2. The molecular formula is C41H81O9P. The van der Waals surface area contributed by atoms with E-state index in [1.165, 1.54) is 128 Å². The Labute approximate surface area is 312 Å². The zero-order valence-electron chi connectivity index (χ0n) is 33.0. The normalized spacial score (nSPS) is 13.5. The minimum atomic E-state index is -5.10. The molecule has 0 bridgehead atoms. The van der Waals surface area contributed by atoms with Gasteiger partial charge in [-0.25, -0.2) is 0 Å². The van der Waals surface area contributed by atoms with Crippen molar-refractivity contribution >= 4 is 19.2 Å². The lowest BCUT2D eigenvalue weighted by Crippen LogP contribution is -2.61. The molecule has 0 aromatic rings. The summed E-state index contributed by atoms with van der Waals surface area (Å²) >= 11 is 0. The number of aliphatic hydroxyl groups is 3. The van der Waals surface area contributed by atoms with Gasteiger partial charge in [0.25, 0.3) is 0 Å². The highest BCUT2D eigenvalue weighted by Gasteiger charge is 2.54. The zero-order chi connectivity index (χ0) is 38.1. The van der Waals surface area contributed by atoms with Crippen molar-refractivity contribution in [2.75, 3.05) is 13.2 Å². The first-order valence-electron chi connectivity index (χ1n) is 21.3. The fourth-order valence-electron chi connectivity index (χ4n) is 6.98. The minimum absolute atomic E-state index is 0.140. The number of carbonyl (C=O) groups is 2. The number of unbranched alkanes of at least 4 members (excludes halogenated alkanes) is 28. The van der Waals surface area contributed by atoms with Crippen molar-refractivity contribution in [1.29, 1.82) is 0 Å². The number of ether oxygens (including phenoxy) is 1. The average molecular weight is 749 g/mol. The summed E-state index contributed by atoms with van der Waals surface area (Å²) in [6, 6.07) is 0. The second kappa shape index (κ2) is 33.9. The third-order valence-electron chi connectivity index (χ3n) is 10.3. The van der Waals surface area contributed by atoms with Crippen LogP contribution in [-0.4, -0.2) is 67.4 Å². The molecule has 0 radical (unpaired) electrons. The lowest BCUT2D eigenvalue weighted by Gasteiger charge is -2.37. The molecule has 0 saturated carbocycles. The Hall–Kier alpha value is -0.670. The maximum absolute atomic E-state index is 13.6. The van der Waals surface area contributed by atoms with Crippen LogP contribution in [0.3, 0.4) is 0 Å². The maximum Gasteiger partial charge on any atom is 0.356 e. The summed E-state index contributed by atoms with van der Waals surface area (Å²) in [5.74, 6) is -3.79. The molecule has 0 heterocycles. The van der Waals surface area contributed by atoms with Gasteiger partial charge in [0.15, 0.2) is 17.4 Å². The van der Waals surface area contributed by atoms with Crippen LogP contribution < -0.4 is 0 Å². The van der Waals surface area contributed by atoms with Crippen LogP contribution in [0.25, 0.3) is 0 Å². The number of hydrogen-bond donors (Lipinski definition) is 5. The molecule has 0 aromatic carbocycles. The summed E-state index contributed by atoms with van der Waals surface area (Å²) in [5.41, 5.74) is -2.64. The van der Waals surface area contributed by atoms with Gasteiger partial charge in [-0.05, 0) is 12.8 Å². The number of rotatable bonds is 40. The third-order valence-corrected chi connectivity index (χ3v) is 11.4. The van der Waals surface area contributed by atoms with E-state index in [-0.39, 0.29) is 12.8 Å². The Morgan fingerprint density at radius 3 is 0.961 bits per heavy atom. The summed E-state index contributed by atoms with van der Waals surface area (Å²) in [7, 11) is -5.10. The van der Waals surface area contributed by atoms with Gasteiger partial charge < -0.3 is 29.8 Å². The van der Waals surface area contributed by atoms with Crippen molar-refractivity contribution in [2.24, 2.45) is 0 Å². The highest BCUT2D eigenvalue weighted by Crippen LogP contribution is 2.44. The van der Waals surface area contributed by atoms with Crippen LogP contribution >= 0.6 is 7.60 Å². The van der Waals surface area contributed by atoms with Crippen molar-refractivity contribution < 1.29 is 44.0 Å². The second-order valence-corrected chi connectivity index (χ2v) is 16.8. The van der Waals surface area contributed by atoms with Gasteiger partial charge in [0, 0.05) is 12.8 Å². The van der Waals surface area contributed by atoms with Crippen molar-refractivity contribution in [3.8, 4) is 0 Å². The van der Waals surface area contributed by atoms with Gasteiger partial charge in [-0.2, -0.15) is 0 Å². The summed E-state index contributed by atoms with van der Waals surface area (Å²) < 4.78 is 17.5. The van der Waals surface area contributed by atoms with Gasteiger partial charge in [-0.15, -0.1) is 0 Å². The molecule has 9 nitrogen and oxygen atoms in total. The average Bonchev–Trinajstić information content (AvgIpc) is 3.11. The van der Waals surface area contributed by atoms with Crippen molar-refractivity contribution in [1.82, 2.24) is 0 Å². The standard InChI is InChI=1S/C41H81O9P/c1-3-5-7-9-11-13-15-17-19-21-23-25-27-29-31-33-37(44)41(39(46)35-42,50-40(36-43)51(47,48)49)38(45)34-32-30-28-26-24-22-20-18-16-14-12-10-8-6-4-2/h39-40,42-43,46H,3-36H2,1-2H3,(H2,47,48,49)/t39-,40?/m0/s1. The predicted octanol–water partition coefficient (Wildman–Crippen LogP) is 10.3. The number of carbonyl (C=O) groups excluding carboxylic acids is 2. The van der Waals surface area contributed by atoms with Crippen LogP contribution in [0.4, 0.5) is 0 Å². The highest BCUT2D eigenvalue weighted by molar-refractivity contribution is 7.52. The third kappa shape index (κ3) is 25.1. The first kappa shape index (κ1) is 50.3. The van der Waals surface area contributed by atoms with Crippen LogP contribution in [0.5, 0.6) is 0 Å². The Balaban J connectivity index is 4.73. The second-order valence-electron chi connectivity index (χ2n) is 15.0. The maximum atomic E-state index is 13.6. The van der Waals surface area contributed by atoms with Crippen LogP contribution in [0.15, 0.2) is 0 Å². The minimum Gasteiger partial charge on any atom is -0.394 e. The Morgan fingerprint density at radius 1 is 0.490 bits per heavy atom. The molecule has 0 fully saturated rings. The van der Waals surface area contributed by atoms with Gasteiger partial charge in [0.1, 0.15) is 6.10 Å². The van der Waals surface area contributed by atoms with E-state index in [0.29, 0.717) is 12.8 Å². The van der Waals surface area contributed by atoms with E-state index in [1.54, 1.807) is 0 Å². The SMILES string of the molecule is CCCCCCCCCCCCCCCCCC(=O)C(OC(CO)P(=O)(O)O)(C(=O)CCCCCCCCCCCCCCCCC)[C@@H](O)CO. The van der Waals surface area contributed by atoms with Gasteiger partial charge >= 0.3 is 7.60 Å². The molecule has 0 aromatic heterocycles. The summed E-state index contributed by atoms with van der Waals surface area (Å²) in [5, 5.41) is 30.4. The largest absolute Gasteiger partial charge is 0.394 e. The van der Waals surface area contributed by atoms with Crippen LogP contribution in [0.1, 0.15) is 219 Å². The molecule has 304 valence electrons. The zero-order valence-corrected chi connectivity index (χ0v) is 33.9. The summed E-state index contributed by atoms with van der Waals surface area (Å²) in [4.78, 5) is 46.8. The van der Waals surface area contributed by atoms with E-state index in [1.807, 2.05) is 0 Å². The lowest BCUT2D eigenvalue weighted by molar-refractivity contribution is -0.184. The number of Topliss-reactive ketones (excluding diaryl/α,β-unsaturated/α-hetero) is 2. The van der Waals surface area contributed by atoms with Gasteiger partial charge in [0.2, 0.25) is 5.60 Å². The Morgan fingerprint density at radius 2 is 0.745 bits per heavy atom. The molecule has 0 amide bonds. The van der Waals surface area contributed by atoms with E-state index < -0.39 is 49.9 Å². The molecule has 1 unspecified atom stereocenters. The quantitative estimate of drug-likeness (QED) is 0.0233. The van der Waals surface area contributed by atoms with E-state index in [4.69, 9.17) is 4.74 Å². The van der Waals surface area contributed by atoms with E-state index in [9.17, 15) is 39.3 Å². The molecule has 0 aliphatic heterocycles. The smallest absolute Gasteiger partial charge is 0.356 e. The topological polar surface area (TPSA) is 162 Å². The fourth-order valence-corrected chi connectivity index (χ4v) is 7.49. The molecule has 10 heteroatoms. The van der Waals surface area contributed by atoms with E-state index in [0.717, 1.165) is 51.4 Å². The van der Waals surface area contributed by atoms with Crippen LogP contribution in [0.2, 0.25) is 0 Å². The molecule has 0 spiro atoms. The number of hydrogen-bond acceptors (Lipinski definition) is 7. The summed E-state index contributed by atoms with van der Waals surface area (Å²) in [6.45, 7) is 2.32. The molecule has 51 heavy (non-hydrogen) atoms. The van der Waals surface area contributed by atoms with E-state index in [2.05, 4.69) is 13.8 Å². The van der Waals surface area contributed by atoms with Crippen LogP contribution in [-0.2, 0) is 18.9 Å². The first-order valence-corrected chi connectivity index (χ1v) is 23.0. The Kier molecular flexibility index (Phi) is 33.4. The lowest BCUT2D eigenvalue weighted by atomic mass is 9.82. The highest BCUT2D eigenvalue weighted by atomic mass is 31.2. The van der Waals surface area contributed by atoms with Gasteiger partial charge in [-0.1, -0.05) is 194 Å². The molecule has 2 atom stereocenters. The van der Waals surface area contributed by atoms with Gasteiger partial charge in [0.05, 0.1) is 13.2 Å². The molecule has 0 rings (SSSR count). The molecule has 5 N–H and O–H groups in total. The molecule has 0 aliphatic carbocycles. The van der Waals surface area contributed by atoms with Crippen LogP contribution in [0, 0.1) is 0 Å². The van der Waals surface area contributed by atoms with Crippen molar-refractivity contribution in [3.63, 3.8) is 0 Å². The predicted molar refractivity (Wildman–Crippen MR) is 209 cm³/mol. The molecule has 0 aliphatic rings. The number of aliphatic hydroxyl groups excluding tert-OH is 3. The summed E-state index contributed by atoms with van der Waals surface area (Å²) in [6.07, 6.45) is 32.1. The monoisotopic (exact) mass is 749 g/mol.